The molecule has 3 rings (SSSR count). The van der Waals surface area contributed by atoms with Gasteiger partial charge in [0.05, 0.1) is 17.6 Å². The molecule has 3 aromatic rings. The molecule has 0 amide bonds. The monoisotopic (exact) mass is 281 g/mol. The van der Waals surface area contributed by atoms with Gasteiger partial charge in [-0.3, -0.25) is 4.57 Å². The third-order valence-electron chi connectivity index (χ3n) is 3.54. The predicted octanol–water partition coefficient (Wildman–Crippen LogP) is 3.32. The molecule has 0 unspecified atom stereocenters. The van der Waals surface area contributed by atoms with Crippen LogP contribution in [0.25, 0.3) is 16.7 Å². The lowest BCUT2D eigenvalue weighted by Gasteiger charge is -2.10. The molecule has 2 aromatic carbocycles. The Labute approximate surface area is 124 Å². The van der Waals surface area contributed by atoms with Crippen molar-refractivity contribution in [3.8, 4) is 5.69 Å². The summed E-state index contributed by atoms with van der Waals surface area (Å²) in [5, 5.41) is 0. The highest BCUT2D eigenvalue weighted by molar-refractivity contribution is 5.81. The second-order valence-electron chi connectivity index (χ2n) is 5.07. The van der Waals surface area contributed by atoms with Gasteiger partial charge in [0, 0.05) is 24.9 Å². The summed E-state index contributed by atoms with van der Waals surface area (Å²) in [6.07, 6.45) is 0.864. The van der Waals surface area contributed by atoms with Gasteiger partial charge in [-0.05, 0) is 35.9 Å². The molecule has 4 nitrogen and oxygen atoms in total. The van der Waals surface area contributed by atoms with Gasteiger partial charge in [0.2, 0.25) is 0 Å². The van der Waals surface area contributed by atoms with Crippen molar-refractivity contribution >= 4 is 16.7 Å². The number of methoxy groups -OCH3 is 1. The van der Waals surface area contributed by atoms with Crippen molar-refractivity contribution < 1.29 is 4.74 Å². The third-order valence-corrected chi connectivity index (χ3v) is 3.54. The molecule has 2 N–H and O–H groups in total. The fraction of sp³-hybridized carbons (Fsp3) is 0.235. The van der Waals surface area contributed by atoms with Crippen LogP contribution in [0.2, 0.25) is 0 Å². The number of hydrogen-bond donors (Lipinski definition) is 1. The fourth-order valence-electron chi connectivity index (χ4n) is 2.62. The van der Waals surface area contributed by atoms with Gasteiger partial charge in [0.15, 0.2) is 0 Å². The summed E-state index contributed by atoms with van der Waals surface area (Å²) < 4.78 is 7.41. The minimum Gasteiger partial charge on any atom is -0.399 e. The van der Waals surface area contributed by atoms with Crippen molar-refractivity contribution in [1.29, 1.82) is 0 Å². The number of rotatable bonds is 4. The Hall–Kier alpha value is -2.33. The van der Waals surface area contributed by atoms with E-state index in [2.05, 4.69) is 29.7 Å². The molecule has 0 aliphatic rings. The summed E-state index contributed by atoms with van der Waals surface area (Å²) in [5.74, 6) is 1.03. The molecule has 0 saturated heterocycles. The topological polar surface area (TPSA) is 53.1 Å². The van der Waals surface area contributed by atoms with Gasteiger partial charge in [0.1, 0.15) is 5.82 Å². The molecule has 0 aliphatic carbocycles. The predicted molar refractivity (Wildman–Crippen MR) is 85.6 cm³/mol. The first-order valence-electron chi connectivity index (χ1n) is 7.08. The van der Waals surface area contributed by atoms with Crippen LogP contribution in [-0.2, 0) is 17.8 Å². The summed E-state index contributed by atoms with van der Waals surface area (Å²) in [6.45, 7) is 2.72. The Morgan fingerprint density at radius 1 is 1.19 bits per heavy atom. The van der Waals surface area contributed by atoms with Crippen molar-refractivity contribution in [1.82, 2.24) is 9.55 Å². The van der Waals surface area contributed by atoms with E-state index in [0.29, 0.717) is 6.61 Å². The summed E-state index contributed by atoms with van der Waals surface area (Å²) in [4.78, 5) is 4.70. The molecular weight excluding hydrogens is 262 g/mol. The Bertz CT molecular complexity index is 777. The molecule has 4 heteroatoms. The van der Waals surface area contributed by atoms with E-state index in [9.17, 15) is 0 Å². The van der Waals surface area contributed by atoms with E-state index in [1.165, 1.54) is 0 Å². The first-order chi connectivity index (χ1) is 10.2. The zero-order valence-electron chi connectivity index (χ0n) is 12.3. The maximum atomic E-state index is 5.86. The maximum absolute atomic E-state index is 5.86. The Morgan fingerprint density at radius 3 is 2.81 bits per heavy atom. The zero-order valence-corrected chi connectivity index (χ0v) is 12.3. The van der Waals surface area contributed by atoms with Crippen molar-refractivity contribution in [2.75, 3.05) is 12.8 Å². The Balaban J connectivity index is 2.20. The van der Waals surface area contributed by atoms with Crippen LogP contribution in [0.3, 0.4) is 0 Å². The van der Waals surface area contributed by atoms with Crippen molar-refractivity contribution in [2.45, 2.75) is 20.0 Å². The fourth-order valence-corrected chi connectivity index (χ4v) is 2.62. The highest BCUT2D eigenvalue weighted by atomic mass is 16.5. The van der Waals surface area contributed by atoms with Crippen LogP contribution in [0.4, 0.5) is 5.69 Å². The lowest BCUT2D eigenvalue weighted by Crippen LogP contribution is -2.01. The number of ether oxygens (including phenoxy) is 1. The lowest BCUT2D eigenvalue weighted by atomic mass is 10.2. The summed E-state index contributed by atoms with van der Waals surface area (Å²) in [6, 6.07) is 14.2. The number of nitrogens with zero attached hydrogens (tertiary/aromatic N) is 2. The SMILES string of the molecule is CCc1nc2cc(N)ccc2n1-c1cccc(COC)c1. The van der Waals surface area contributed by atoms with E-state index in [1.54, 1.807) is 7.11 Å². The van der Waals surface area contributed by atoms with Gasteiger partial charge in [-0.15, -0.1) is 0 Å². The average molecular weight is 281 g/mol. The average Bonchev–Trinajstić information content (AvgIpc) is 2.85. The highest BCUT2D eigenvalue weighted by Crippen LogP contribution is 2.24. The van der Waals surface area contributed by atoms with Crippen LogP contribution in [0.5, 0.6) is 0 Å². The number of imidazole rings is 1. The van der Waals surface area contributed by atoms with E-state index in [0.717, 1.165) is 40.2 Å². The Morgan fingerprint density at radius 2 is 2.05 bits per heavy atom. The largest absolute Gasteiger partial charge is 0.399 e. The third kappa shape index (κ3) is 2.50. The lowest BCUT2D eigenvalue weighted by molar-refractivity contribution is 0.185. The van der Waals surface area contributed by atoms with E-state index < -0.39 is 0 Å². The van der Waals surface area contributed by atoms with E-state index in [1.807, 2.05) is 24.3 Å². The number of aryl methyl sites for hydroxylation is 1. The van der Waals surface area contributed by atoms with Crippen LogP contribution < -0.4 is 5.73 Å². The van der Waals surface area contributed by atoms with Crippen molar-refractivity contribution in [3.05, 3.63) is 53.9 Å². The van der Waals surface area contributed by atoms with Crippen molar-refractivity contribution in [3.63, 3.8) is 0 Å². The molecule has 0 saturated carbocycles. The van der Waals surface area contributed by atoms with E-state index >= 15 is 0 Å². The highest BCUT2D eigenvalue weighted by Gasteiger charge is 2.11. The molecule has 0 radical (unpaired) electrons. The quantitative estimate of drug-likeness (QED) is 0.746. The van der Waals surface area contributed by atoms with E-state index in [4.69, 9.17) is 15.5 Å². The molecule has 0 aliphatic heterocycles. The summed E-state index contributed by atoms with van der Waals surface area (Å²) in [7, 11) is 1.71. The molecule has 1 aromatic heterocycles. The molecule has 108 valence electrons. The number of hydrogen-bond acceptors (Lipinski definition) is 3. The van der Waals surface area contributed by atoms with Gasteiger partial charge in [0.25, 0.3) is 0 Å². The molecule has 0 fully saturated rings. The molecule has 0 atom stereocenters. The first kappa shape index (κ1) is 13.6. The minimum absolute atomic E-state index is 0.606. The molecule has 0 spiro atoms. The first-order valence-corrected chi connectivity index (χ1v) is 7.08. The van der Waals surface area contributed by atoms with Gasteiger partial charge in [-0.25, -0.2) is 4.98 Å². The van der Waals surface area contributed by atoms with E-state index in [-0.39, 0.29) is 0 Å². The van der Waals surface area contributed by atoms with Crippen LogP contribution in [-0.4, -0.2) is 16.7 Å². The number of nitrogen functional groups attached to an aromatic ring is 1. The normalized spacial score (nSPS) is 11.1. The van der Waals surface area contributed by atoms with Crippen LogP contribution in [0.15, 0.2) is 42.5 Å². The van der Waals surface area contributed by atoms with Crippen LogP contribution in [0, 0.1) is 0 Å². The number of benzene rings is 2. The second-order valence-corrected chi connectivity index (χ2v) is 5.07. The number of nitrogens with two attached hydrogens (primary N) is 1. The molecule has 21 heavy (non-hydrogen) atoms. The summed E-state index contributed by atoms with van der Waals surface area (Å²) >= 11 is 0. The molecular formula is C17H19N3O. The van der Waals surface area contributed by atoms with Gasteiger partial charge in [-0.2, -0.15) is 0 Å². The summed E-state index contributed by atoms with van der Waals surface area (Å²) in [5.41, 5.74) is 10.9. The van der Waals surface area contributed by atoms with Crippen LogP contribution in [0.1, 0.15) is 18.3 Å². The Kier molecular flexibility index (Phi) is 3.62. The van der Waals surface area contributed by atoms with Gasteiger partial charge < -0.3 is 10.5 Å². The maximum Gasteiger partial charge on any atom is 0.114 e. The minimum atomic E-state index is 0.606. The van der Waals surface area contributed by atoms with Gasteiger partial charge in [-0.1, -0.05) is 19.1 Å². The zero-order chi connectivity index (χ0) is 14.8. The smallest absolute Gasteiger partial charge is 0.114 e. The molecule has 0 bridgehead atoms. The van der Waals surface area contributed by atoms with Crippen LogP contribution >= 0.6 is 0 Å². The standard InChI is InChI=1S/C17H19N3O/c1-3-17-19-15-10-13(18)7-8-16(15)20(17)14-6-4-5-12(9-14)11-21-2/h4-10H,3,11,18H2,1-2H3. The molecule has 1 heterocycles. The van der Waals surface area contributed by atoms with Gasteiger partial charge >= 0.3 is 0 Å². The number of fused-ring (bicyclic) bond motifs is 1. The second kappa shape index (κ2) is 5.58. The van der Waals surface area contributed by atoms with Crippen molar-refractivity contribution in [2.24, 2.45) is 0 Å². The number of aromatic nitrogens is 2. The number of anilines is 1.